The van der Waals surface area contributed by atoms with Crippen LogP contribution in [0.25, 0.3) is 22.2 Å². The number of hydrogen-bond acceptors (Lipinski definition) is 6. The number of halogens is 3. The minimum Gasteiger partial charge on any atom is -0.379 e. The average Bonchev–Trinajstić information content (AvgIpc) is 3.57. The van der Waals surface area contributed by atoms with Crippen molar-refractivity contribution < 1.29 is 17.9 Å². The van der Waals surface area contributed by atoms with Gasteiger partial charge >= 0.3 is 6.18 Å². The van der Waals surface area contributed by atoms with Gasteiger partial charge in [0.05, 0.1) is 24.4 Å². The van der Waals surface area contributed by atoms with E-state index in [1.54, 1.807) is 6.33 Å². The first-order valence-corrected chi connectivity index (χ1v) is 12.0. The second-order valence-electron chi connectivity index (χ2n) is 9.82. The van der Waals surface area contributed by atoms with E-state index in [2.05, 4.69) is 30.3 Å². The highest BCUT2D eigenvalue weighted by molar-refractivity contribution is 5.94. The van der Waals surface area contributed by atoms with E-state index in [1.165, 1.54) is 0 Å². The topological polar surface area (TPSA) is 84.8 Å². The molecule has 4 aromatic rings. The van der Waals surface area contributed by atoms with Crippen molar-refractivity contribution in [2.75, 3.05) is 26.3 Å². The summed E-state index contributed by atoms with van der Waals surface area (Å²) in [5.41, 5.74) is 2.02. The number of ether oxygens (including phenoxy) is 1. The summed E-state index contributed by atoms with van der Waals surface area (Å²) in [6.45, 7) is 3.15. The first kappa shape index (κ1) is 23.1. The zero-order valence-corrected chi connectivity index (χ0v) is 19.8. The fourth-order valence-electron chi connectivity index (χ4n) is 5.20. The van der Waals surface area contributed by atoms with Crippen LogP contribution >= 0.6 is 0 Å². The van der Waals surface area contributed by atoms with Crippen molar-refractivity contribution in [2.24, 2.45) is 7.05 Å². The molecule has 0 saturated carbocycles. The van der Waals surface area contributed by atoms with E-state index in [4.69, 9.17) is 4.74 Å². The van der Waals surface area contributed by atoms with Gasteiger partial charge in [-0.15, -0.1) is 10.2 Å². The van der Waals surface area contributed by atoms with Gasteiger partial charge in [0.1, 0.15) is 23.5 Å². The van der Waals surface area contributed by atoms with E-state index in [-0.39, 0.29) is 5.41 Å². The van der Waals surface area contributed by atoms with E-state index in [9.17, 15) is 13.2 Å². The van der Waals surface area contributed by atoms with E-state index < -0.39 is 11.9 Å². The van der Waals surface area contributed by atoms with Gasteiger partial charge in [-0.1, -0.05) is 18.2 Å². The Morgan fingerprint density at radius 1 is 1.14 bits per heavy atom. The van der Waals surface area contributed by atoms with Gasteiger partial charge in [0.25, 0.3) is 0 Å². The summed E-state index contributed by atoms with van der Waals surface area (Å²) in [6, 6.07) is 8.93. The Morgan fingerprint density at radius 3 is 2.61 bits per heavy atom. The number of aromatic amines is 1. The van der Waals surface area contributed by atoms with Crippen LogP contribution in [0.15, 0.2) is 36.7 Å². The standard InChI is InChI=1S/C25H26F3N7O/c1-34-15-29-31-21(34)11-24(13-36-14-24)17-6-4-5-16(9-17)22-18-10-20(25(26,27)28)30-19(23(18)33-32-22)12-35-7-2-3-8-35/h4-6,9-10,15H,2-3,7-8,11-14H2,1H3,(H,32,33). The van der Waals surface area contributed by atoms with Crippen molar-refractivity contribution in [1.82, 2.24) is 34.8 Å². The highest BCUT2D eigenvalue weighted by Crippen LogP contribution is 2.39. The van der Waals surface area contributed by atoms with Crippen LogP contribution in [-0.4, -0.2) is 61.1 Å². The van der Waals surface area contributed by atoms with Crippen LogP contribution in [0.5, 0.6) is 0 Å². The van der Waals surface area contributed by atoms with Crippen LogP contribution in [0, 0.1) is 0 Å². The van der Waals surface area contributed by atoms with E-state index >= 15 is 0 Å². The Labute approximate surface area is 205 Å². The number of likely N-dealkylation sites (tertiary alicyclic amines) is 1. The van der Waals surface area contributed by atoms with Crippen molar-refractivity contribution in [3.8, 4) is 11.3 Å². The van der Waals surface area contributed by atoms with Crippen LogP contribution in [0.2, 0.25) is 0 Å². The maximum atomic E-state index is 13.8. The maximum Gasteiger partial charge on any atom is 0.433 e. The molecule has 188 valence electrons. The SMILES string of the molecule is Cn1cnnc1CC1(c2cccc(-c3n[nH]c4c(CN5CCCC5)nc(C(F)(F)F)cc34)c2)COC1. The lowest BCUT2D eigenvalue weighted by molar-refractivity contribution is -0.141. The molecule has 8 nitrogen and oxygen atoms in total. The number of nitrogens with one attached hydrogen (secondary N) is 1. The van der Waals surface area contributed by atoms with E-state index in [1.807, 2.05) is 35.9 Å². The van der Waals surface area contributed by atoms with Gasteiger partial charge in [0.2, 0.25) is 0 Å². The summed E-state index contributed by atoms with van der Waals surface area (Å²) in [4.78, 5) is 6.14. The summed E-state index contributed by atoms with van der Waals surface area (Å²) >= 11 is 0. The summed E-state index contributed by atoms with van der Waals surface area (Å²) in [6.07, 6.45) is -0.142. The highest BCUT2D eigenvalue weighted by Gasteiger charge is 2.42. The number of benzene rings is 1. The lowest BCUT2D eigenvalue weighted by Crippen LogP contribution is -2.49. The molecule has 0 unspecified atom stereocenters. The molecule has 0 bridgehead atoms. The number of rotatable bonds is 6. The van der Waals surface area contributed by atoms with E-state index in [0.29, 0.717) is 48.5 Å². The molecule has 6 rings (SSSR count). The van der Waals surface area contributed by atoms with Gasteiger partial charge < -0.3 is 9.30 Å². The van der Waals surface area contributed by atoms with Crippen LogP contribution < -0.4 is 0 Å². The van der Waals surface area contributed by atoms with Gasteiger partial charge in [0, 0.05) is 36.4 Å². The predicted octanol–water partition coefficient (Wildman–Crippen LogP) is 3.88. The number of aromatic nitrogens is 6. The Kier molecular flexibility index (Phi) is 5.56. The monoisotopic (exact) mass is 497 g/mol. The number of H-pyrrole nitrogens is 1. The van der Waals surface area contributed by atoms with Gasteiger partial charge in [0.15, 0.2) is 0 Å². The zero-order chi connectivity index (χ0) is 24.9. The van der Waals surface area contributed by atoms with Crippen molar-refractivity contribution in [3.63, 3.8) is 0 Å². The molecule has 2 saturated heterocycles. The quantitative estimate of drug-likeness (QED) is 0.435. The molecule has 5 heterocycles. The molecule has 0 spiro atoms. The Bertz CT molecular complexity index is 1400. The molecule has 36 heavy (non-hydrogen) atoms. The molecule has 1 aromatic carbocycles. The molecule has 0 amide bonds. The molecule has 11 heteroatoms. The Hall–Kier alpha value is -3.31. The molecular formula is C25H26F3N7O. The molecule has 0 atom stereocenters. The molecule has 2 aliphatic heterocycles. The third-order valence-electron chi connectivity index (χ3n) is 7.30. The summed E-state index contributed by atoms with van der Waals surface area (Å²) < 4.78 is 48.9. The predicted molar refractivity (Wildman–Crippen MR) is 126 cm³/mol. The molecular weight excluding hydrogens is 471 g/mol. The number of alkyl halides is 3. The fraction of sp³-hybridized carbons (Fsp3) is 0.440. The number of pyridine rings is 1. The van der Waals surface area contributed by atoms with Crippen molar-refractivity contribution in [2.45, 2.75) is 37.4 Å². The van der Waals surface area contributed by atoms with Gasteiger partial charge in [-0.2, -0.15) is 18.3 Å². The van der Waals surface area contributed by atoms with Gasteiger partial charge in [-0.05, 0) is 43.6 Å². The van der Waals surface area contributed by atoms with Crippen molar-refractivity contribution >= 4 is 10.9 Å². The molecule has 2 aliphatic rings. The molecule has 0 aliphatic carbocycles. The number of nitrogens with zero attached hydrogens (tertiary/aromatic N) is 6. The molecule has 2 fully saturated rings. The first-order chi connectivity index (χ1) is 17.3. The second-order valence-corrected chi connectivity index (χ2v) is 9.82. The second kappa shape index (κ2) is 8.67. The normalized spacial score (nSPS) is 18.1. The highest BCUT2D eigenvalue weighted by atomic mass is 19.4. The van der Waals surface area contributed by atoms with Crippen molar-refractivity contribution in [1.29, 1.82) is 0 Å². The minimum atomic E-state index is -4.55. The lowest BCUT2D eigenvalue weighted by atomic mass is 9.75. The maximum absolute atomic E-state index is 13.8. The minimum absolute atomic E-state index is 0.275. The number of hydrogen-bond donors (Lipinski definition) is 1. The summed E-state index contributed by atoms with van der Waals surface area (Å²) in [5.74, 6) is 0.848. The first-order valence-electron chi connectivity index (χ1n) is 12.0. The largest absolute Gasteiger partial charge is 0.433 e. The molecule has 1 N–H and O–H groups in total. The molecule has 0 radical (unpaired) electrons. The van der Waals surface area contributed by atoms with Gasteiger partial charge in [-0.3, -0.25) is 10.00 Å². The lowest BCUT2D eigenvalue weighted by Gasteiger charge is -2.41. The average molecular weight is 498 g/mol. The Balaban J connectivity index is 1.41. The number of fused-ring (bicyclic) bond motifs is 1. The Morgan fingerprint density at radius 2 is 1.94 bits per heavy atom. The van der Waals surface area contributed by atoms with Crippen molar-refractivity contribution in [3.05, 3.63) is 59.4 Å². The zero-order valence-electron chi connectivity index (χ0n) is 19.8. The summed E-state index contributed by atoms with van der Waals surface area (Å²) in [5, 5.41) is 16.1. The fourth-order valence-corrected chi connectivity index (χ4v) is 5.20. The van der Waals surface area contributed by atoms with Crippen LogP contribution in [0.4, 0.5) is 13.2 Å². The number of aryl methyl sites for hydroxylation is 1. The van der Waals surface area contributed by atoms with Gasteiger partial charge in [-0.25, -0.2) is 4.98 Å². The third kappa shape index (κ3) is 4.05. The van der Waals surface area contributed by atoms with Crippen LogP contribution in [0.1, 0.15) is 35.6 Å². The van der Waals surface area contributed by atoms with Crippen LogP contribution in [-0.2, 0) is 36.3 Å². The van der Waals surface area contributed by atoms with E-state index in [0.717, 1.165) is 48.9 Å². The third-order valence-corrected chi connectivity index (χ3v) is 7.30. The molecule has 3 aromatic heterocycles. The summed E-state index contributed by atoms with van der Waals surface area (Å²) in [7, 11) is 1.90. The van der Waals surface area contributed by atoms with Crippen LogP contribution in [0.3, 0.4) is 0 Å². The smallest absolute Gasteiger partial charge is 0.379 e.